The number of carbonyl (C=O) groups is 2. The van der Waals surface area contributed by atoms with E-state index in [4.69, 9.17) is 4.74 Å². The number of nitrogens with one attached hydrogen (secondary N) is 1. The molecule has 0 heterocycles. The number of hydrogen-bond acceptors (Lipinski definition) is 3. The van der Waals surface area contributed by atoms with Crippen LogP contribution in [0.25, 0.3) is 0 Å². The van der Waals surface area contributed by atoms with Crippen molar-refractivity contribution in [2.75, 3.05) is 6.61 Å². The molecule has 0 aromatic heterocycles. The molecule has 1 N–H and O–H groups in total. The Hall–Kier alpha value is -2.34. The molecule has 2 aromatic rings. The molecule has 0 aliphatic heterocycles. The lowest BCUT2D eigenvalue weighted by Crippen LogP contribution is -2.50. The van der Waals surface area contributed by atoms with E-state index in [0.717, 1.165) is 26.7 Å². The van der Waals surface area contributed by atoms with Gasteiger partial charge in [0, 0.05) is 17.1 Å². The molecular formula is C24H31BrN2O3. The van der Waals surface area contributed by atoms with Crippen LogP contribution in [0, 0.1) is 20.8 Å². The smallest absolute Gasteiger partial charge is 0.261 e. The van der Waals surface area contributed by atoms with Crippen molar-refractivity contribution in [2.45, 2.75) is 60.2 Å². The lowest BCUT2D eigenvalue weighted by Gasteiger charge is -2.29. The van der Waals surface area contributed by atoms with E-state index in [1.807, 2.05) is 65.0 Å². The number of rotatable bonds is 8. The lowest BCUT2D eigenvalue weighted by atomic mass is 10.1. The van der Waals surface area contributed by atoms with Crippen LogP contribution >= 0.6 is 15.9 Å². The van der Waals surface area contributed by atoms with Crippen LogP contribution < -0.4 is 10.1 Å². The molecule has 2 amide bonds. The highest BCUT2D eigenvalue weighted by Gasteiger charge is 2.27. The SMILES string of the molecule is Cc1cc(C)c(C)c(OCC(=O)N(Cc2cccc(Br)c2)[C@H](C)C(=O)NC(C)C)c1. The summed E-state index contributed by atoms with van der Waals surface area (Å²) in [6.45, 7) is 11.7. The minimum Gasteiger partial charge on any atom is -0.483 e. The van der Waals surface area contributed by atoms with Gasteiger partial charge in [-0.1, -0.05) is 34.1 Å². The lowest BCUT2D eigenvalue weighted by molar-refractivity contribution is -0.142. The molecule has 2 rings (SSSR count). The highest BCUT2D eigenvalue weighted by atomic mass is 79.9. The summed E-state index contributed by atoms with van der Waals surface area (Å²) in [5, 5.41) is 2.89. The fourth-order valence-electron chi connectivity index (χ4n) is 3.19. The Bertz CT molecular complexity index is 911. The minimum atomic E-state index is -0.622. The van der Waals surface area contributed by atoms with E-state index in [1.165, 1.54) is 0 Å². The molecule has 1 atom stereocenters. The van der Waals surface area contributed by atoms with Gasteiger partial charge in [-0.3, -0.25) is 9.59 Å². The van der Waals surface area contributed by atoms with Gasteiger partial charge in [-0.2, -0.15) is 0 Å². The Morgan fingerprint density at radius 2 is 1.80 bits per heavy atom. The Balaban J connectivity index is 2.22. The summed E-state index contributed by atoms with van der Waals surface area (Å²) in [5.41, 5.74) is 4.14. The van der Waals surface area contributed by atoms with E-state index in [-0.39, 0.29) is 24.5 Å². The average Bonchev–Trinajstić information content (AvgIpc) is 2.66. The Labute approximate surface area is 187 Å². The summed E-state index contributed by atoms with van der Waals surface area (Å²) in [4.78, 5) is 27.3. The highest BCUT2D eigenvalue weighted by molar-refractivity contribution is 9.10. The second kappa shape index (κ2) is 10.6. The Kier molecular flexibility index (Phi) is 8.47. The molecule has 0 aliphatic carbocycles. The summed E-state index contributed by atoms with van der Waals surface area (Å²) in [7, 11) is 0. The van der Waals surface area contributed by atoms with Crippen molar-refractivity contribution in [1.82, 2.24) is 10.2 Å². The normalized spacial score (nSPS) is 11.9. The van der Waals surface area contributed by atoms with Crippen molar-refractivity contribution >= 4 is 27.7 Å². The number of hydrogen-bond donors (Lipinski definition) is 1. The molecule has 0 aliphatic rings. The topological polar surface area (TPSA) is 58.6 Å². The van der Waals surface area contributed by atoms with Crippen molar-refractivity contribution in [3.05, 3.63) is 63.1 Å². The van der Waals surface area contributed by atoms with Crippen LogP contribution in [0.1, 0.15) is 43.0 Å². The summed E-state index contributed by atoms with van der Waals surface area (Å²) in [6, 6.07) is 11.1. The van der Waals surface area contributed by atoms with Crippen LogP contribution in [-0.4, -0.2) is 35.4 Å². The number of amides is 2. The standard InChI is InChI=1S/C24H31BrN2O3/c1-15(2)26-24(29)19(6)27(13-20-8-7-9-21(25)12-20)23(28)14-30-22-11-16(3)10-17(4)18(22)5/h7-12,15,19H,13-14H2,1-6H3,(H,26,29)/t19-/m1/s1. The molecule has 0 saturated heterocycles. The molecule has 6 heteroatoms. The van der Waals surface area contributed by atoms with Gasteiger partial charge in [0.15, 0.2) is 6.61 Å². The number of ether oxygens (including phenoxy) is 1. The molecule has 30 heavy (non-hydrogen) atoms. The molecule has 0 bridgehead atoms. The first-order valence-corrected chi connectivity index (χ1v) is 10.9. The number of nitrogens with zero attached hydrogens (tertiary/aromatic N) is 1. The van der Waals surface area contributed by atoms with Crippen molar-refractivity contribution in [3.63, 3.8) is 0 Å². The summed E-state index contributed by atoms with van der Waals surface area (Å²) in [6.07, 6.45) is 0. The van der Waals surface area contributed by atoms with Crippen molar-refractivity contribution in [2.24, 2.45) is 0 Å². The maximum absolute atomic E-state index is 13.1. The van der Waals surface area contributed by atoms with E-state index < -0.39 is 6.04 Å². The zero-order valence-electron chi connectivity index (χ0n) is 18.6. The van der Waals surface area contributed by atoms with Crippen LogP contribution in [0.4, 0.5) is 0 Å². The third kappa shape index (κ3) is 6.59. The summed E-state index contributed by atoms with van der Waals surface area (Å²) >= 11 is 3.46. The van der Waals surface area contributed by atoms with Gasteiger partial charge in [-0.25, -0.2) is 0 Å². The first kappa shape index (κ1) is 23.9. The molecular weight excluding hydrogens is 444 g/mol. The van der Waals surface area contributed by atoms with Gasteiger partial charge in [-0.05, 0) is 82.0 Å². The average molecular weight is 475 g/mol. The minimum absolute atomic E-state index is 0.00283. The van der Waals surface area contributed by atoms with E-state index in [9.17, 15) is 9.59 Å². The van der Waals surface area contributed by atoms with E-state index in [2.05, 4.69) is 27.3 Å². The first-order valence-electron chi connectivity index (χ1n) is 10.1. The molecule has 0 spiro atoms. The molecule has 0 unspecified atom stereocenters. The quantitative estimate of drug-likeness (QED) is 0.603. The van der Waals surface area contributed by atoms with Crippen LogP contribution in [0.15, 0.2) is 40.9 Å². The maximum atomic E-state index is 13.1. The van der Waals surface area contributed by atoms with E-state index in [0.29, 0.717) is 12.3 Å². The number of halogens is 1. The zero-order valence-corrected chi connectivity index (χ0v) is 20.2. The molecule has 0 radical (unpaired) electrons. The Morgan fingerprint density at radius 3 is 2.43 bits per heavy atom. The van der Waals surface area contributed by atoms with Gasteiger partial charge in [0.05, 0.1) is 0 Å². The summed E-state index contributed by atoms with van der Waals surface area (Å²) in [5.74, 6) is 0.276. The van der Waals surface area contributed by atoms with Crippen LogP contribution in [-0.2, 0) is 16.1 Å². The molecule has 162 valence electrons. The van der Waals surface area contributed by atoms with Gasteiger partial charge in [0.25, 0.3) is 5.91 Å². The maximum Gasteiger partial charge on any atom is 0.261 e. The zero-order chi connectivity index (χ0) is 22.4. The number of aryl methyl sites for hydroxylation is 2. The van der Waals surface area contributed by atoms with E-state index in [1.54, 1.807) is 11.8 Å². The van der Waals surface area contributed by atoms with Crippen molar-refractivity contribution in [1.29, 1.82) is 0 Å². The first-order chi connectivity index (χ1) is 14.1. The van der Waals surface area contributed by atoms with Gasteiger partial charge in [0.1, 0.15) is 11.8 Å². The fourth-order valence-corrected chi connectivity index (χ4v) is 3.64. The predicted molar refractivity (Wildman–Crippen MR) is 124 cm³/mol. The van der Waals surface area contributed by atoms with Crippen LogP contribution in [0.2, 0.25) is 0 Å². The van der Waals surface area contributed by atoms with Crippen LogP contribution in [0.5, 0.6) is 5.75 Å². The van der Waals surface area contributed by atoms with Gasteiger partial charge >= 0.3 is 0 Å². The molecule has 0 saturated carbocycles. The molecule has 2 aromatic carbocycles. The summed E-state index contributed by atoms with van der Waals surface area (Å²) < 4.78 is 6.81. The molecule has 0 fully saturated rings. The number of carbonyl (C=O) groups excluding carboxylic acids is 2. The number of benzene rings is 2. The van der Waals surface area contributed by atoms with Crippen LogP contribution in [0.3, 0.4) is 0 Å². The third-order valence-corrected chi connectivity index (χ3v) is 5.45. The second-order valence-corrected chi connectivity index (χ2v) is 8.90. The van der Waals surface area contributed by atoms with Gasteiger partial charge < -0.3 is 15.0 Å². The van der Waals surface area contributed by atoms with Crippen molar-refractivity contribution in [3.8, 4) is 5.75 Å². The Morgan fingerprint density at radius 1 is 1.10 bits per heavy atom. The second-order valence-electron chi connectivity index (χ2n) is 7.98. The highest BCUT2D eigenvalue weighted by Crippen LogP contribution is 2.23. The molecule has 5 nitrogen and oxygen atoms in total. The predicted octanol–water partition coefficient (Wildman–Crippen LogP) is 4.70. The van der Waals surface area contributed by atoms with E-state index >= 15 is 0 Å². The van der Waals surface area contributed by atoms with Crippen molar-refractivity contribution < 1.29 is 14.3 Å². The fraction of sp³-hybridized carbons (Fsp3) is 0.417. The largest absolute Gasteiger partial charge is 0.483 e. The van der Waals surface area contributed by atoms with Gasteiger partial charge in [0.2, 0.25) is 5.91 Å². The third-order valence-electron chi connectivity index (χ3n) is 4.96. The monoisotopic (exact) mass is 474 g/mol. The van der Waals surface area contributed by atoms with Gasteiger partial charge in [-0.15, -0.1) is 0 Å².